The lowest BCUT2D eigenvalue weighted by Crippen LogP contribution is -1.89. The van der Waals surface area contributed by atoms with E-state index in [1.54, 1.807) is 11.3 Å². The molecule has 0 atom stereocenters. The third kappa shape index (κ3) is 2.68. The highest BCUT2D eigenvalue weighted by atomic mass is 32.2. The zero-order valence-corrected chi connectivity index (χ0v) is 11.3. The third-order valence-electron chi connectivity index (χ3n) is 1.99. The van der Waals surface area contributed by atoms with Crippen LogP contribution in [0.15, 0.2) is 22.5 Å². The largest absolute Gasteiger partial charge is 0.494 e. The molecule has 2 aromatic rings. The number of hydrogen-bond donors (Lipinski definition) is 0. The van der Waals surface area contributed by atoms with E-state index in [9.17, 15) is 0 Å². The van der Waals surface area contributed by atoms with Crippen LogP contribution >= 0.6 is 23.1 Å². The van der Waals surface area contributed by atoms with Crippen LogP contribution in [0.2, 0.25) is 0 Å². The molecule has 0 amide bonds. The lowest BCUT2D eigenvalue weighted by molar-refractivity contribution is 0.341. The van der Waals surface area contributed by atoms with E-state index in [1.807, 2.05) is 30.8 Å². The van der Waals surface area contributed by atoms with Gasteiger partial charge in [0.1, 0.15) is 5.75 Å². The van der Waals surface area contributed by atoms with Crippen molar-refractivity contribution in [3.63, 3.8) is 0 Å². The van der Waals surface area contributed by atoms with Crippen molar-refractivity contribution < 1.29 is 4.74 Å². The maximum absolute atomic E-state index is 5.48. The van der Waals surface area contributed by atoms with Gasteiger partial charge in [0.2, 0.25) is 0 Å². The summed E-state index contributed by atoms with van der Waals surface area (Å²) in [4.78, 5) is 4.58. The Labute approximate surface area is 104 Å². The lowest BCUT2D eigenvalue weighted by Gasteiger charge is -2.00. The molecule has 1 aromatic carbocycles. The quantitative estimate of drug-likeness (QED) is 0.763. The number of nitrogens with zero attached hydrogens (tertiary/aromatic N) is 1. The summed E-state index contributed by atoms with van der Waals surface area (Å²) < 4.78 is 7.82. The minimum Gasteiger partial charge on any atom is -0.494 e. The molecule has 0 unspecified atom stereocenters. The van der Waals surface area contributed by atoms with Gasteiger partial charge in [0, 0.05) is 5.25 Å². The Balaban J connectivity index is 2.30. The number of fused-ring (bicyclic) bond motifs is 1. The monoisotopic (exact) mass is 253 g/mol. The van der Waals surface area contributed by atoms with Gasteiger partial charge in [-0.15, -0.1) is 11.3 Å². The van der Waals surface area contributed by atoms with Gasteiger partial charge >= 0.3 is 0 Å². The van der Waals surface area contributed by atoms with E-state index in [0.29, 0.717) is 11.9 Å². The van der Waals surface area contributed by atoms with Gasteiger partial charge in [-0.3, -0.25) is 0 Å². The molecule has 4 heteroatoms. The summed E-state index contributed by atoms with van der Waals surface area (Å²) in [6, 6.07) is 6.08. The molecular weight excluding hydrogens is 238 g/mol. The van der Waals surface area contributed by atoms with Gasteiger partial charge in [0.25, 0.3) is 0 Å². The van der Waals surface area contributed by atoms with Crippen molar-refractivity contribution in [1.29, 1.82) is 0 Å². The molecule has 0 spiro atoms. The van der Waals surface area contributed by atoms with Gasteiger partial charge in [-0.2, -0.15) is 0 Å². The number of aromatic nitrogens is 1. The van der Waals surface area contributed by atoms with Crippen LogP contribution in [0.3, 0.4) is 0 Å². The second-order valence-corrected chi connectivity index (χ2v) is 6.56. The number of thioether (sulfide) groups is 1. The topological polar surface area (TPSA) is 22.1 Å². The SMILES string of the molecule is CCOc1ccc2nc(SC(C)C)sc2c1. The first-order valence-electron chi connectivity index (χ1n) is 5.39. The summed E-state index contributed by atoms with van der Waals surface area (Å²) in [6.45, 7) is 7.07. The summed E-state index contributed by atoms with van der Waals surface area (Å²) >= 11 is 3.55. The van der Waals surface area contributed by atoms with E-state index in [1.165, 1.54) is 4.70 Å². The van der Waals surface area contributed by atoms with E-state index in [0.717, 1.165) is 15.6 Å². The van der Waals surface area contributed by atoms with Crippen LogP contribution in [-0.2, 0) is 0 Å². The summed E-state index contributed by atoms with van der Waals surface area (Å²) in [5.74, 6) is 0.930. The van der Waals surface area contributed by atoms with Gasteiger partial charge in [0.05, 0.1) is 16.8 Å². The molecular formula is C12H15NOS2. The summed E-state index contributed by atoms with van der Waals surface area (Å²) in [7, 11) is 0. The van der Waals surface area contributed by atoms with Gasteiger partial charge in [-0.05, 0) is 25.1 Å². The van der Waals surface area contributed by atoms with Gasteiger partial charge < -0.3 is 4.74 Å². The summed E-state index contributed by atoms with van der Waals surface area (Å²) in [5, 5.41) is 0.576. The smallest absolute Gasteiger partial charge is 0.151 e. The zero-order chi connectivity index (χ0) is 11.5. The molecule has 0 N–H and O–H groups in total. The normalized spacial score (nSPS) is 11.2. The number of hydrogen-bond acceptors (Lipinski definition) is 4. The molecule has 0 saturated carbocycles. The first-order chi connectivity index (χ1) is 7.69. The average molecular weight is 253 g/mol. The van der Waals surface area contributed by atoms with Crippen LogP contribution in [0.1, 0.15) is 20.8 Å². The fourth-order valence-corrected chi connectivity index (χ4v) is 3.71. The van der Waals surface area contributed by atoms with Gasteiger partial charge in [-0.1, -0.05) is 25.6 Å². The number of thiazole rings is 1. The highest BCUT2D eigenvalue weighted by molar-refractivity contribution is 8.01. The Morgan fingerprint density at radius 1 is 1.44 bits per heavy atom. The Kier molecular flexibility index (Phi) is 3.71. The van der Waals surface area contributed by atoms with Gasteiger partial charge in [0.15, 0.2) is 4.34 Å². The molecule has 1 aromatic heterocycles. The van der Waals surface area contributed by atoms with Crippen LogP contribution in [0.5, 0.6) is 5.75 Å². The second-order valence-electron chi connectivity index (χ2n) is 3.71. The minimum atomic E-state index is 0.576. The average Bonchev–Trinajstić information content (AvgIpc) is 2.58. The predicted molar refractivity (Wildman–Crippen MR) is 71.8 cm³/mol. The minimum absolute atomic E-state index is 0.576. The molecule has 86 valence electrons. The molecule has 2 rings (SSSR count). The van der Waals surface area contributed by atoms with E-state index >= 15 is 0 Å². The Hall–Kier alpha value is -0.740. The maximum Gasteiger partial charge on any atom is 0.151 e. The first kappa shape index (κ1) is 11.7. The molecule has 0 aliphatic carbocycles. The lowest BCUT2D eigenvalue weighted by atomic mass is 10.3. The standard InChI is InChI=1S/C12H15NOS2/c1-4-14-9-5-6-10-11(7-9)16-12(13-10)15-8(2)3/h5-8H,4H2,1-3H3. The van der Waals surface area contributed by atoms with Crippen molar-refractivity contribution in [3.8, 4) is 5.75 Å². The zero-order valence-electron chi connectivity index (χ0n) is 9.69. The van der Waals surface area contributed by atoms with Crippen molar-refractivity contribution in [2.45, 2.75) is 30.4 Å². The van der Waals surface area contributed by atoms with Crippen LogP contribution in [0, 0.1) is 0 Å². The van der Waals surface area contributed by atoms with Crippen LogP contribution < -0.4 is 4.74 Å². The molecule has 0 aliphatic rings. The fourth-order valence-electron chi connectivity index (χ4n) is 1.39. The first-order valence-corrected chi connectivity index (χ1v) is 7.08. The number of rotatable bonds is 4. The van der Waals surface area contributed by atoms with Crippen LogP contribution in [0.25, 0.3) is 10.2 Å². The van der Waals surface area contributed by atoms with E-state index < -0.39 is 0 Å². The Morgan fingerprint density at radius 2 is 2.25 bits per heavy atom. The molecule has 0 saturated heterocycles. The van der Waals surface area contributed by atoms with Crippen molar-refractivity contribution in [3.05, 3.63) is 18.2 Å². The molecule has 0 radical (unpaired) electrons. The second kappa shape index (κ2) is 5.06. The van der Waals surface area contributed by atoms with E-state index in [-0.39, 0.29) is 0 Å². The number of ether oxygens (including phenoxy) is 1. The Bertz CT molecular complexity index is 479. The molecule has 2 nitrogen and oxygen atoms in total. The highest BCUT2D eigenvalue weighted by Gasteiger charge is 2.07. The molecule has 0 fully saturated rings. The van der Waals surface area contributed by atoms with Crippen LogP contribution in [-0.4, -0.2) is 16.8 Å². The predicted octanol–water partition coefficient (Wildman–Crippen LogP) is 4.20. The Morgan fingerprint density at radius 3 is 2.94 bits per heavy atom. The molecule has 16 heavy (non-hydrogen) atoms. The molecule has 1 heterocycles. The summed E-state index contributed by atoms with van der Waals surface area (Å²) in [5.41, 5.74) is 1.07. The van der Waals surface area contributed by atoms with Crippen molar-refractivity contribution in [1.82, 2.24) is 4.98 Å². The van der Waals surface area contributed by atoms with Crippen molar-refractivity contribution >= 4 is 33.3 Å². The third-order valence-corrected chi connectivity index (χ3v) is 4.10. The van der Waals surface area contributed by atoms with Crippen LogP contribution in [0.4, 0.5) is 0 Å². The highest BCUT2D eigenvalue weighted by Crippen LogP contribution is 2.33. The molecule has 0 bridgehead atoms. The van der Waals surface area contributed by atoms with E-state index in [2.05, 4.69) is 24.9 Å². The number of benzene rings is 1. The maximum atomic E-state index is 5.48. The molecule has 0 aliphatic heterocycles. The van der Waals surface area contributed by atoms with Gasteiger partial charge in [-0.25, -0.2) is 4.98 Å². The summed E-state index contributed by atoms with van der Waals surface area (Å²) in [6.07, 6.45) is 0. The fraction of sp³-hybridized carbons (Fsp3) is 0.417. The van der Waals surface area contributed by atoms with Crippen molar-refractivity contribution in [2.75, 3.05) is 6.61 Å². The van der Waals surface area contributed by atoms with E-state index in [4.69, 9.17) is 4.74 Å². The van der Waals surface area contributed by atoms with Crippen molar-refractivity contribution in [2.24, 2.45) is 0 Å².